The first kappa shape index (κ1) is 11.2. The molecule has 16 heavy (non-hydrogen) atoms. The van der Waals surface area contributed by atoms with Crippen LogP contribution in [0.2, 0.25) is 0 Å². The second-order valence-electron chi connectivity index (χ2n) is 5.04. The lowest BCUT2D eigenvalue weighted by Gasteiger charge is -2.17. The van der Waals surface area contributed by atoms with Gasteiger partial charge in [-0.15, -0.1) is 0 Å². The highest BCUT2D eigenvalue weighted by Crippen LogP contribution is 2.30. The quantitative estimate of drug-likeness (QED) is 0.822. The topological polar surface area (TPSA) is 30.9 Å². The first-order chi connectivity index (χ1) is 7.45. The van der Waals surface area contributed by atoms with E-state index < -0.39 is 0 Å². The van der Waals surface area contributed by atoms with E-state index in [9.17, 15) is 0 Å². The number of fused-ring (bicyclic) bond motifs is 1. The van der Waals surface area contributed by atoms with Crippen molar-refractivity contribution in [2.75, 3.05) is 0 Å². The minimum absolute atomic E-state index is 0.286. The molecular formula is C14H20N2. The summed E-state index contributed by atoms with van der Waals surface area (Å²) in [5, 5.41) is 1.29. The number of hydrogen-bond donors (Lipinski definition) is 1. The molecule has 0 saturated heterocycles. The van der Waals surface area contributed by atoms with Gasteiger partial charge in [0.05, 0.1) is 5.52 Å². The molecule has 0 amide bonds. The second kappa shape index (κ2) is 3.63. The maximum Gasteiger partial charge on any atom is 0.0513 e. The van der Waals surface area contributed by atoms with E-state index >= 15 is 0 Å². The molecule has 86 valence electrons. The number of benzene rings is 1. The summed E-state index contributed by atoms with van der Waals surface area (Å²) < 4.78 is 2.19. The van der Waals surface area contributed by atoms with Crippen LogP contribution < -0.4 is 5.73 Å². The zero-order valence-electron chi connectivity index (χ0n) is 10.5. The van der Waals surface area contributed by atoms with Crippen molar-refractivity contribution in [2.24, 2.45) is 12.8 Å². The lowest BCUT2D eigenvalue weighted by Crippen LogP contribution is -2.28. The Hall–Kier alpha value is -1.28. The highest BCUT2D eigenvalue weighted by molar-refractivity contribution is 5.87. The smallest absolute Gasteiger partial charge is 0.0513 e. The van der Waals surface area contributed by atoms with Gasteiger partial charge in [-0.1, -0.05) is 25.1 Å². The maximum absolute atomic E-state index is 6.21. The third-order valence-corrected chi connectivity index (χ3v) is 3.16. The van der Waals surface area contributed by atoms with Crippen molar-refractivity contribution in [1.82, 2.24) is 4.57 Å². The van der Waals surface area contributed by atoms with Crippen molar-refractivity contribution < 1.29 is 0 Å². The lowest BCUT2D eigenvalue weighted by atomic mass is 9.94. The van der Waals surface area contributed by atoms with Gasteiger partial charge in [0.1, 0.15) is 0 Å². The van der Waals surface area contributed by atoms with Crippen LogP contribution >= 0.6 is 0 Å². The Morgan fingerprint density at radius 3 is 2.56 bits per heavy atom. The maximum atomic E-state index is 6.21. The van der Waals surface area contributed by atoms with Crippen LogP contribution in [0, 0.1) is 0 Å². The zero-order valence-corrected chi connectivity index (χ0v) is 10.5. The summed E-state index contributed by atoms with van der Waals surface area (Å²) in [5.74, 6) is 0. The van der Waals surface area contributed by atoms with E-state index in [1.165, 1.54) is 22.0 Å². The van der Waals surface area contributed by atoms with E-state index in [0.717, 1.165) is 6.42 Å². The first-order valence-electron chi connectivity index (χ1n) is 5.81. The van der Waals surface area contributed by atoms with Crippen LogP contribution in [0.1, 0.15) is 31.9 Å². The molecular weight excluding hydrogens is 196 g/mol. The Balaban J connectivity index is 2.82. The van der Waals surface area contributed by atoms with Crippen molar-refractivity contribution in [1.29, 1.82) is 0 Å². The van der Waals surface area contributed by atoms with Crippen molar-refractivity contribution in [3.8, 4) is 0 Å². The Morgan fingerprint density at radius 2 is 2.00 bits per heavy atom. The van der Waals surface area contributed by atoms with Crippen LogP contribution in [0.3, 0.4) is 0 Å². The van der Waals surface area contributed by atoms with E-state index in [1.807, 2.05) is 0 Å². The molecule has 0 radical (unpaired) electrons. The van der Waals surface area contributed by atoms with Gasteiger partial charge >= 0.3 is 0 Å². The molecule has 2 rings (SSSR count). The zero-order chi connectivity index (χ0) is 11.9. The number of aryl methyl sites for hydroxylation is 2. The Morgan fingerprint density at radius 1 is 1.31 bits per heavy atom. The van der Waals surface area contributed by atoms with E-state index in [-0.39, 0.29) is 5.54 Å². The van der Waals surface area contributed by atoms with Gasteiger partial charge in [0, 0.05) is 24.2 Å². The summed E-state index contributed by atoms with van der Waals surface area (Å²) in [6.07, 6.45) is 3.21. The first-order valence-corrected chi connectivity index (χ1v) is 5.81. The van der Waals surface area contributed by atoms with Gasteiger partial charge in [0.2, 0.25) is 0 Å². The molecule has 0 unspecified atom stereocenters. The minimum atomic E-state index is -0.286. The van der Waals surface area contributed by atoms with Crippen molar-refractivity contribution >= 4 is 10.9 Å². The molecule has 2 aromatic rings. The average Bonchev–Trinajstić information content (AvgIpc) is 2.56. The number of nitrogens with zero attached hydrogens (tertiary/aromatic N) is 1. The van der Waals surface area contributed by atoms with Crippen molar-refractivity contribution in [3.63, 3.8) is 0 Å². The third kappa shape index (κ3) is 1.63. The molecule has 1 aromatic carbocycles. The van der Waals surface area contributed by atoms with Crippen LogP contribution in [0.15, 0.2) is 24.4 Å². The second-order valence-corrected chi connectivity index (χ2v) is 5.04. The van der Waals surface area contributed by atoms with Gasteiger partial charge in [-0.05, 0) is 31.4 Å². The third-order valence-electron chi connectivity index (χ3n) is 3.16. The van der Waals surface area contributed by atoms with Gasteiger partial charge in [0.15, 0.2) is 0 Å². The van der Waals surface area contributed by atoms with E-state index in [1.54, 1.807) is 0 Å². The number of aromatic nitrogens is 1. The average molecular weight is 216 g/mol. The normalized spacial score (nSPS) is 12.3. The van der Waals surface area contributed by atoms with E-state index in [2.05, 4.69) is 56.8 Å². The molecule has 0 bridgehead atoms. The summed E-state index contributed by atoms with van der Waals surface area (Å²) in [6, 6.07) is 6.48. The SMILES string of the molecule is CCc1cccc2c(C(C)(C)N)cn(C)c12. The fraction of sp³-hybridized carbons (Fsp3) is 0.429. The fourth-order valence-electron chi connectivity index (χ4n) is 2.35. The van der Waals surface area contributed by atoms with Gasteiger partial charge in [-0.25, -0.2) is 0 Å². The van der Waals surface area contributed by atoms with Crippen LogP contribution in [0.25, 0.3) is 10.9 Å². The molecule has 0 aliphatic carbocycles. The standard InChI is InChI=1S/C14H20N2/c1-5-10-7-6-8-11-12(14(2,3)15)9-16(4)13(10)11/h6-9H,5,15H2,1-4H3. The summed E-state index contributed by atoms with van der Waals surface area (Å²) in [4.78, 5) is 0. The highest BCUT2D eigenvalue weighted by Gasteiger charge is 2.20. The van der Waals surface area contributed by atoms with Crippen molar-refractivity contribution in [2.45, 2.75) is 32.7 Å². The summed E-state index contributed by atoms with van der Waals surface area (Å²) in [7, 11) is 2.09. The van der Waals surface area contributed by atoms with Crippen molar-refractivity contribution in [3.05, 3.63) is 35.5 Å². The molecule has 2 N–H and O–H groups in total. The molecule has 2 nitrogen and oxygen atoms in total. The largest absolute Gasteiger partial charge is 0.350 e. The Kier molecular flexibility index (Phi) is 2.55. The lowest BCUT2D eigenvalue weighted by molar-refractivity contribution is 0.557. The van der Waals surface area contributed by atoms with Crippen LogP contribution in [-0.2, 0) is 19.0 Å². The number of rotatable bonds is 2. The number of hydrogen-bond acceptors (Lipinski definition) is 1. The Bertz CT molecular complexity index is 515. The van der Waals surface area contributed by atoms with Gasteiger partial charge < -0.3 is 10.3 Å². The minimum Gasteiger partial charge on any atom is -0.350 e. The van der Waals surface area contributed by atoms with E-state index in [4.69, 9.17) is 5.73 Å². The predicted molar refractivity (Wildman–Crippen MR) is 69.5 cm³/mol. The fourth-order valence-corrected chi connectivity index (χ4v) is 2.35. The summed E-state index contributed by atoms with van der Waals surface area (Å²) in [5.41, 5.74) is 9.85. The molecule has 0 spiro atoms. The molecule has 2 heteroatoms. The molecule has 1 aromatic heterocycles. The number of para-hydroxylation sites is 1. The molecule has 0 saturated carbocycles. The summed E-state index contributed by atoms with van der Waals surface area (Å²) >= 11 is 0. The molecule has 0 aliphatic heterocycles. The molecule has 0 fully saturated rings. The highest BCUT2D eigenvalue weighted by atomic mass is 14.9. The van der Waals surface area contributed by atoms with Crippen LogP contribution in [-0.4, -0.2) is 4.57 Å². The monoisotopic (exact) mass is 216 g/mol. The Labute approximate surface area is 97.1 Å². The number of nitrogens with two attached hydrogens (primary N) is 1. The molecule has 0 atom stereocenters. The predicted octanol–water partition coefficient (Wildman–Crippen LogP) is 2.93. The van der Waals surface area contributed by atoms with Crippen LogP contribution in [0.4, 0.5) is 0 Å². The van der Waals surface area contributed by atoms with Gasteiger partial charge in [-0.2, -0.15) is 0 Å². The van der Waals surface area contributed by atoms with Crippen LogP contribution in [0.5, 0.6) is 0 Å². The summed E-state index contributed by atoms with van der Waals surface area (Å²) in [6.45, 7) is 6.30. The van der Waals surface area contributed by atoms with Gasteiger partial charge in [0.25, 0.3) is 0 Å². The molecule has 1 heterocycles. The molecule has 0 aliphatic rings. The van der Waals surface area contributed by atoms with E-state index in [0.29, 0.717) is 0 Å². The van der Waals surface area contributed by atoms with Gasteiger partial charge in [-0.3, -0.25) is 0 Å².